The highest BCUT2D eigenvalue weighted by Crippen LogP contribution is 2.30. The average Bonchev–Trinajstić information content (AvgIpc) is 2.94. The maximum absolute atomic E-state index is 13.3. The number of benzene rings is 3. The predicted octanol–water partition coefficient (Wildman–Crippen LogP) is 5.95. The topological polar surface area (TPSA) is 82.7 Å². The molecule has 3 aromatic rings. The van der Waals surface area contributed by atoms with Crippen molar-refractivity contribution in [2.75, 3.05) is 48.4 Å². The second-order valence-corrected chi connectivity index (χ2v) is 9.60. The molecule has 0 spiro atoms. The zero-order chi connectivity index (χ0) is 26.6. The number of ether oxygens (including phenoxy) is 1. The summed E-state index contributed by atoms with van der Waals surface area (Å²) in [5.41, 5.74) is 4.12. The first-order chi connectivity index (χ1) is 18.6. The Morgan fingerprint density at radius 1 is 0.895 bits per heavy atom. The van der Waals surface area contributed by atoms with Gasteiger partial charge in [-0.3, -0.25) is 4.79 Å². The van der Waals surface area contributed by atoms with Crippen LogP contribution in [0.15, 0.2) is 78.9 Å². The predicted molar refractivity (Wildman–Crippen MR) is 154 cm³/mol. The molecule has 4 rings (SSSR count). The molecule has 7 heteroatoms. The van der Waals surface area contributed by atoms with E-state index in [0.29, 0.717) is 42.6 Å². The Labute approximate surface area is 225 Å². The van der Waals surface area contributed by atoms with Crippen LogP contribution in [-0.4, -0.2) is 44.8 Å². The normalized spacial score (nSPS) is 13.7. The van der Waals surface area contributed by atoms with E-state index >= 15 is 0 Å². The second kappa shape index (κ2) is 14.2. The van der Waals surface area contributed by atoms with Crippen molar-refractivity contribution in [2.24, 2.45) is 5.92 Å². The van der Waals surface area contributed by atoms with Crippen LogP contribution >= 0.6 is 0 Å². The van der Waals surface area contributed by atoms with Gasteiger partial charge < -0.3 is 25.6 Å². The number of hydrogen-bond acceptors (Lipinski definition) is 4. The van der Waals surface area contributed by atoms with E-state index < -0.39 is 0 Å². The first kappa shape index (κ1) is 27.2. The zero-order valence-corrected chi connectivity index (χ0v) is 22.1. The first-order valence-corrected chi connectivity index (χ1v) is 13.5. The van der Waals surface area contributed by atoms with E-state index in [1.165, 1.54) is 5.56 Å². The fourth-order valence-electron chi connectivity index (χ4n) is 4.83. The third-order valence-corrected chi connectivity index (χ3v) is 6.81. The molecule has 1 aliphatic heterocycles. The van der Waals surface area contributed by atoms with Gasteiger partial charge in [0.15, 0.2) is 0 Å². The van der Waals surface area contributed by atoms with E-state index in [1.807, 2.05) is 49.4 Å². The molecule has 0 saturated carbocycles. The summed E-state index contributed by atoms with van der Waals surface area (Å²) >= 11 is 0. The minimum absolute atomic E-state index is 0.143. The zero-order valence-electron chi connectivity index (χ0n) is 22.1. The van der Waals surface area contributed by atoms with Gasteiger partial charge in [0.2, 0.25) is 0 Å². The Hall–Kier alpha value is -3.84. The molecule has 200 valence electrons. The van der Waals surface area contributed by atoms with E-state index in [4.69, 9.17) is 4.74 Å². The van der Waals surface area contributed by atoms with Crippen molar-refractivity contribution in [2.45, 2.75) is 32.6 Å². The van der Waals surface area contributed by atoms with Crippen LogP contribution in [0.5, 0.6) is 0 Å². The number of rotatable bonds is 11. The van der Waals surface area contributed by atoms with Gasteiger partial charge in [0, 0.05) is 49.9 Å². The van der Waals surface area contributed by atoms with E-state index in [2.05, 4.69) is 51.2 Å². The fourth-order valence-corrected chi connectivity index (χ4v) is 4.83. The lowest BCUT2D eigenvalue weighted by atomic mass is 9.89. The Balaban J connectivity index is 1.43. The summed E-state index contributed by atoms with van der Waals surface area (Å²) in [4.78, 5) is 28.1. The smallest absolute Gasteiger partial charge is 0.323 e. The van der Waals surface area contributed by atoms with Gasteiger partial charge in [-0.1, -0.05) is 48.5 Å². The van der Waals surface area contributed by atoms with Gasteiger partial charge in [-0.25, -0.2) is 4.79 Å². The molecule has 0 aromatic heterocycles. The number of piperidine rings is 1. The molecular weight excluding hydrogens is 476 g/mol. The molecule has 1 fully saturated rings. The Morgan fingerprint density at radius 2 is 1.58 bits per heavy atom. The number of carbonyl (C=O) groups is 2. The number of para-hydroxylation sites is 1. The van der Waals surface area contributed by atoms with Crippen LogP contribution < -0.4 is 20.9 Å². The Bertz CT molecular complexity index is 1160. The lowest BCUT2D eigenvalue weighted by Gasteiger charge is -2.35. The van der Waals surface area contributed by atoms with Gasteiger partial charge in [0.05, 0.1) is 5.56 Å². The van der Waals surface area contributed by atoms with E-state index in [-0.39, 0.29) is 11.9 Å². The summed E-state index contributed by atoms with van der Waals surface area (Å²) in [5.74, 6) is 0.488. The lowest BCUT2D eigenvalue weighted by Crippen LogP contribution is -2.36. The van der Waals surface area contributed by atoms with Gasteiger partial charge >= 0.3 is 6.03 Å². The minimum atomic E-state index is -0.353. The second-order valence-electron chi connectivity index (χ2n) is 9.60. The largest absolute Gasteiger partial charge is 0.382 e. The van der Waals surface area contributed by atoms with Crippen LogP contribution in [0.1, 0.15) is 42.1 Å². The molecule has 1 saturated heterocycles. The van der Waals surface area contributed by atoms with Crippen molar-refractivity contribution in [3.8, 4) is 0 Å². The molecule has 0 aliphatic carbocycles. The molecule has 3 aromatic carbocycles. The standard InChI is InChI=1S/C31H38N4O3/c1-2-38-21-9-18-32-30(36)28-23-27(34-31(37)33-26-12-7-4-8-13-26)14-15-29(28)35-19-16-25(17-20-35)22-24-10-5-3-6-11-24/h3-8,10-15,23,25H,2,9,16-22H2,1H3,(H,32,36)(H2,33,34,37). The molecule has 38 heavy (non-hydrogen) atoms. The van der Waals surface area contributed by atoms with Gasteiger partial charge in [0.25, 0.3) is 5.91 Å². The summed E-state index contributed by atoms with van der Waals surface area (Å²) in [7, 11) is 0. The molecule has 7 nitrogen and oxygen atoms in total. The highest BCUT2D eigenvalue weighted by molar-refractivity contribution is 6.04. The number of nitrogens with one attached hydrogen (secondary N) is 3. The lowest BCUT2D eigenvalue weighted by molar-refractivity contribution is 0.0944. The van der Waals surface area contributed by atoms with Crippen molar-refractivity contribution >= 4 is 29.0 Å². The van der Waals surface area contributed by atoms with Gasteiger partial charge in [-0.2, -0.15) is 0 Å². The van der Waals surface area contributed by atoms with E-state index in [1.54, 1.807) is 6.07 Å². The number of hydrogen-bond donors (Lipinski definition) is 3. The van der Waals surface area contributed by atoms with Crippen LogP contribution in [0.25, 0.3) is 0 Å². The van der Waals surface area contributed by atoms with Crippen molar-refractivity contribution in [1.82, 2.24) is 5.32 Å². The number of nitrogens with zero attached hydrogens (tertiary/aromatic N) is 1. The molecule has 1 heterocycles. The van der Waals surface area contributed by atoms with Crippen molar-refractivity contribution in [3.05, 3.63) is 90.0 Å². The highest BCUT2D eigenvalue weighted by atomic mass is 16.5. The molecule has 0 atom stereocenters. The number of amides is 3. The fraction of sp³-hybridized carbons (Fsp3) is 0.355. The molecular formula is C31H38N4O3. The van der Waals surface area contributed by atoms with Gasteiger partial charge in [-0.05, 0) is 74.4 Å². The van der Waals surface area contributed by atoms with Crippen molar-refractivity contribution in [3.63, 3.8) is 0 Å². The first-order valence-electron chi connectivity index (χ1n) is 13.5. The van der Waals surface area contributed by atoms with Crippen LogP contribution in [0.3, 0.4) is 0 Å². The number of anilines is 3. The molecule has 0 unspecified atom stereocenters. The molecule has 0 bridgehead atoms. The molecule has 3 N–H and O–H groups in total. The third-order valence-electron chi connectivity index (χ3n) is 6.81. The summed E-state index contributed by atoms with van der Waals surface area (Å²) in [5, 5.41) is 8.71. The highest BCUT2D eigenvalue weighted by Gasteiger charge is 2.24. The minimum Gasteiger partial charge on any atom is -0.382 e. The summed E-state index contributed by atoms with van der Waals surface area (Å²) in [6, 6.07) is 25.1. The van der Waals surface area contributed by atoms with Gasteiger partial charge in [-0.15, -0.1) is 0 Å². The van der Waals surface area contributed by atoms with Crippen LogP contribution in [-0.2, 0) is 11.2 Å². The van der Waals surface area contributed by atoms with Crippen LogP contribution in [0.4, 0.5) is 21.9 Å². The third kappa shape index (κ3) is 8.08. The maximum atomic E-state index is 13.3. The number of urea groups is 1. The average molecular weight is 515 g/mol. The maximum Gasteiger partial charge on any atom is 0.323 e. The van der Waals surface area contributed by atoms with E-state index in [0.717, 1.165) is 44.5 Å². The Morgan fingerprint density at radius 3 is 2.29 bits per heavy atom. The SMILES string of the molecule is CCOCCCNC(=O)c1cc(NC(=O)Nc2ccccc2)ccc1N1CCC(Cc2ccccc2)CC1. The molecule has 3 amide bonds. The van der Waals surface area contributed by atoms with Gasteiger partial charge in [0.1, 0.15) is 0 Å². The Kier molecular flexibility index (Phi) is 10.2. The van der Waals surface area contributed by atoms with Crippen molar-refractivity contribution < 1.29 is 14.3 Å². The number of carbonyl (C=O) groups excluding carboxylic acids is 2. The van der Waals surface area contributed by atoms with Crippen LogP contribution in [0, 0.1) is 5.92 Å². The summed E-state index contributed by atoms with van der Waals surface area (Å²) < 4.78 is 5.39. The van der Waals surface area contributed by atoms with Crippen LogP contribution in [0.2, 0.25) is 0 Å². The monoisotopic (exact) mass is 514 g/mol. The summed E-state index contributed by atoms with van der Waals surface area (Å²) in [6.45, 7) is 5.55. The van der Waals surface area contributed by atoms with Crippen molar-refractivity contribution in [1.29, 1.82) is 0 Å². The summed E-state index contributed by atoms with van der Waals surface area (Å²) in [6.07, 6.45) is 3.98. The molecule has 0 radical (unpaired) electrons. The van der Waals surface area contributed by atoms with E-state index in [9.17, 15) is 9.59 Å². The molecule has 1 aliphatic rings. The quantitative estimate of drug-likeness (QED) is 0.276.